The summed E-state index contributed by atoms with van der Waals surface area (Å²) < 4.78 is 0. The second-order valence-corrected chi connectivity index (χ2v) is 16.9. The fourth-order valence-electron chi connectivity index (χ4n) is 7.77. The van der Waals surface area contributed by atoms with Gasteiger partial charge in [-0.2, -0.15) is 0 Å². The standard InChI is InChI=1S/C49H97NO3/c1-3-5-7-9-11-13-15-17-19-21-22-23-24-25-26-27-28-29-30-32-34-36-38-40-42-44-48(52)47(46-51)50-49(53)45-43-41-39-37-35-33-31-20-18-16-14-12-10-8-6-4-2/h42,44,47-48,51-52H,3-41,43,45-46H2,1-2H3,(H,50,53)/b44-42+. The zero-order chi connectivity index (χ0) is 38.6. The molecule has 0 spiro atoms. The zero-order valence-corrected chi connectivity index (χ0v) is 36.3. The predicted octanol–water partition coefficient (Wildman–Crippen LogP) is 15.4. The Bertz CT molecular complexity index is 725. The third kappa shape index (κ3) is 42.1. The maximum atomic E-state index is 12.4. The van der Waals surface area contributed by atoms with Crippen molar-refractivity contribution in [3.63, 3.8) is 0 Å². The molecule has 2 unspecified atom stereocenters. The van der Waals surface area contributed by atoms with Gasteiger partial charge in [-0.15, -0.1) is 0 Å². The molecule has 0 saturated heterocycles. The topological polar surface area (TPSA) is 69.6 Å². The smallest absolute Gasteiger partial charge is 0.220 e. The summed E-state index contributed by atoms with van der Waals surface area (Å²) in [5.74, 6) is -0.0586. The van der Waals surface area contributed by atoms with E-state index < -0.39 is 12.1 Å². The number of hydrogen-bond donors (Lipinski definition) is 3. The van der Waals surface area contributed by atoms with Gasteiger partial charge in [0.05, 0.1) is 18.8 Å². The van der Waals surface area contributed by atoms with Crippen LogP contribution in [-0.2, 0) is 4.79 Å². The molecular weight excluding hydrogens is 651 g/mol. The van der Waals surface area contributed by atoms with Crippen LogP contribution < -0.4 is 5.32 Å². The fourth-order valence-corrected chi connectivity index (χ4v) is 7.77. The quantitative estimate of drug-likeness (QED) is 0.0429. The van der Waals surface area contributed by atoms with E-state index in [4.69, 9.17) is 0 Å². The molecule has 0 aromatic rings. The summed E-state index contributed by atoms with van der Waals surface area (Å²) in [5.41, 5.74) is 0. The van der Waals surface area contributed by atoms with E-state index in [2.05, 4.69) is 19.2 Å². The van der Waals surface area contributed by atoms with Gasteiger partial charge in [0.25, 0.3) is 0 Å². The van der Waals surface area contributed by atoms with E-state index in [0.29, 0.717) is 6.42 Å². The summed E-state index contributed by atoms with van der Waals surface area (Å²) in [7, 11) is 0. The number of allylic oxidation sites excluding steroid dienone is 1. The number of aliphatic hydroxyl groups is 2. The minimum Gasteiger partial charge on any atom is -0.394 e. The van der Waals surface area contributed by atoms with Crippen molar-refractivity contribution in [2.24, 2.45) is 0 Å². The van der Waals surface area contributed by atoms with Crippen molar-refractivity contribution in [1.29, 1.82) is 0 Å². The molecule has 0 saturated carbocycles. The van der Waals surface area contributed by atoms with Gasteiger partial charge in [0.15, 0.2) is 0 Å². The highest BCUT2D eigenvalue weighted by atomic mass is 16.3. The predicted molar refractivity (Wildman–Crippen MR) is 235 cm³/mol. The third-order valence-electron chi connectivity index (χ3n) is 11.5. The Morgan fingerprint density at radius 1 is 0.434 bits per heavy atom. The molecule has 0 aromatic heterocycles. The molecule has 0 heterocycles. The first-order valence-corrected chi connectivity index (χ1v) is 24.4. The monoisotopic (exact) mass is 748 g/mol. The first-order valence-electron chi connectivity index (χ1n) is 24.4. The van der Waals surface area contributed by atoms with Gasteiger partial charge in [0.2, 0.25) is 5.91 Å². The van der Waals surface area contributed by atoms with Crippen molar-refractivity contribution in [1.82, 2.24) is 5.32 Å². The summed E-state index contributed by atoms with van der Waals surface area (Å²) in [6.07, 6.45) is 57.7. The molecule has 2 atom stereocenters. The maximum Gasteiger partial charge on any atom is 0.220 e. The zero-order valence-electron chi connectivity index (χ0n) is 36.3. The lowest BCUT2D eigenvalue weighted by atomic mass is 10.0. The van der Waals surface area contributed by atoms with Crippen LogP contribution in [0.3, 0.4) is 0 Å². The van der Waals surface area contributed by atoms with Crippen molar-refractivity contribution in [2.45, 2.75) is 289 Å². The minimum atomic E-state index is -0.834. The fraction of sp³-hybridized carbons (Fsp3) is 0.939. The van der Waals surface area contributed by atoms with E-state index in [1.807, 2.05) is 6.08 Å². The van der Waals surface area contributed by atoms with Gasteiger partial charge in [0.1, 0.15) is 0 Å². The molecule has 0 aliphatic heterocycles. The molecule has 0 aliphatic carbocycles. The molecule has 0 aromatic carbocycles. The average Bonchev–Trinajstić information content (AvgIpc) is 3.16. The molecule has 4 nitrogen and oxygen atoms in total. The normalized spacial score (nSPS) is 12.9. The van der Waals surface area contributed by atoms with Gasteiger partial charge in [-0.3, -0.25) is 4.79 Å². The number of carbonyl (C=O) groups excluding carboxylic acids is 1. The highest BCUT2D eigenvalue weighted by Crippen LogP contribution is 2.17. The molecule has 0 bridgehead atoms. The summed E-state index contributed by atoms with van der Waals surface area (Å²) in [6, 6.07) is -0.617. The number of carbonyl (C=O) groups is 1. The molecule has 0 fully saturated rings. The molecule has 0 rings (SSSR count). The largest absolute Gasteiger partial charge is 0.394 e. The van der Waals surface area contributed by atoms with Crippen molar-refractivity contribution in [2.75, 3.05) is 6.61 Å². The Morgan fingerprint density at radius 3 is 0.981 bits per heavy atom. The number of hydrogen-bond acceptors (Lipinski definition) is 3. The highest BCUT2D eigenvalue weighted by Gasteiger charge is 2.18. The van der Waals surface area contributed by atoms with Crippen LogP contribution in [0, 0.1) is 0 Å². The lowest BCUT2D eigenvalue weighted by Crippen LogP contribution is -2.45. The van der Waals surface area contributed by atoms with Gasteiger partial charge in [0, 0.05) is 6.42 Å². The summed E-state index contributed by atoms with van der Waals surface area (Å²) in [4.78, 5) is 12.4. The van der Waals surface area contributed by atoms with Crippen molar-refractivity contribution in [3.8, 4) is 0 Å². The number of aliphatic hydroxyl groups excluding tert-OH is 2. The molecule has 316 valence electrons. The van der Waals surface area contributed by atoms with Gasteiger partial charge < -0.3 is 15.5 Å². The molecule has 4 heteroatoms. The lowest BCUT2D eigenvalue weighted by molar-refractivity contribution is -0.123. The van der Waals surface area contributed by atoms with Crippen LogP contribution in [0.1, 0.15) is 277 Å². The average molecular weight is 748 g/mol. The second kappa shape index (κ2) is 45.5. The van der Waals surface area contributed by atoms with Crippen molar-refractivity contribution in [3.05, 3.63) is 12.2 Å². The van der Waals surface area contributed by atoms with Gasteiger partial charge in [-0.25, -0.2) is 0 Å². The molecule has 0 radical (unpaired) electrons. The Hall–Kier alpha value is -0.870. The Morgan fingerprint density at radius 2 is 0.698 bits per heavy atom. The van der Waals surface area contributed by atoms with E-state index in [1.54, 1.807) is 6.08 Å². The number of unbranched alkanes of at least 4 members (excludes halogenated alkanes) is 38. The van der Waals surface area contributed by atoms with Gasteiger partial charge >= 0.3 is 0 Å². The van der Waals surface area contributed by atoms with Crippen LogP contribution in [0.25, 0.3) is 0 Å². The number of rotatable bonds is 45. The highest BCUT2D eigenvalue weighted by molar-refractivity contribution is 5.76. The van der Waals surface area contributed by atoms with Crippen LogP contribution in [0.4, 0.5) is 0 Å². The van der Waals surface area contributed by atoms with Crippen molar-refractivity contribution < 1.29 is 15.0 Å². The third-order valence-corrected chi connectivity index (χ3v) is 11.5. The number of nitrogens with one attached hydrogen (secondary N) is 1. The summed E-state index contributed by atoms with van der Waals surface area (Å²) in [6.45, 7) is 4.34. The van der Waals surface area contributed by atoms with E-state index in [-0.39, 0.29) is 12.5 Å². The van der Waals surface area contributed by atoms with Crippen LogP contribution in [-0.4, -0.2) is 34.9 Å². The Kier molecular flexibility index (Phi) is 44.8. The van der Waals surface area contributed by atoms with Crippen LogP contribution in [0.2, 0.25) is 0 Å². The Balaban J connectivity index is 3.48. The first kappa shape index (κ1) is 52.1. The SMILES string of the molecule is CCCCCCCCCCCCCCCCCCCCCCCCC/C=C/C(O)C(CO)NC(=O)CCCCCCCCCCCCCCCCCC. The van der Waals surface area contributed by atoms with E-state index in [1.165, 1.54) is 231 Å². The van der Waals surface area contributed by atoms with Crippen LogP contribution in [0.15, 0.2) is 12.2 Å². The van der Waals surface area contributed by atoms with E-state index in [9.17, 15) is 15.0 Å². The van der Waals surface area contributed by atoms with Crippen LogP contribution >= 0.6 is 0 Å². The van der Waals surface area contributed by atoms with E-state index >= 15 is 0 Å². The van der Waals surface area contributed by atoms with Crippen LogP contribution in [0.5, 0.6) is 0 Å². The van der Waals surface area contributed by atoms with Crippen molar-refractivity contribution >= 4 is 5.91 Å². The van der Waals surface area contributed by atoms with Gasteiger partial charge in [-0.1, -0.05) is 264 Å². The molecule has 3 N–H and O–H groups in total. The molecule has 1 amide bonds. The minimum absolute atomic E-state index is 0.0586. The summed E-state index contributed by atoms with van der Waals surface area (Å²) in [5, 5.41) is 23.1. The molecule has 0 aliphatic rings. The number of amides is 1. The molecule has 53 heavy (non-hydrogen) atoms. The van der Waals surface area contributed by atoms with E-state index in [0.717, 1.165) is 25.7 Å². The maximum absolute atomic E-state index is 12.4. The lowest BCUT2D eigenvalue weighted by Gasteiger charge is -2.20. The summed E-state index contributed by atoms with van der Waals surface area (Å²) >= 11 is 0. The first-order chi connectivity index (χ1) is 26.2. The molecular formula is C49H97NO3. The second-order valence-electron chi connectivity index (χ2n) is 16.9. The Labute approximate surface area is 333 Å². The van der Waals surface area contributed by atoms with Gasteiger partial charge in [-0.05, 0) is 19.3 Å².